The van der Waals surface area contributed by atoms with Crippen LogP contribution in [0.5, 0.6) is 0 Å². The molecule has 0 aliphatic carbocycles. The molecule has 37 heavy (non-hydrogen) atoms. The highest BCUT2D eigenvalue weighted by atomic mass is 16.2. The van der Waals surface area contributed by atoms with Gasteiger partial charge in [-0.25, -0.2) is 0 Å². The average molecular weight is 489 g/mol. The average Bonchev–Trinajstić information content (AvgIpc) is 3.40. The zero-order chi connectivity index (χ0) is 25.6. The summed E-state index contributed by atoms with van der Waals surface area (Å²) in [6.07, 6.45) is 2.33. The molecule has 0 unspecified atom stereocenters. The second kappa shape index (κ2) is 11.6. The van der Waals surface area contributed by atoms with E-state index < -0.39 is 0 Å². The Morgan fingerprint density at radius 2 is 1.30 bits per heavy atom. The fraction of sp³-hybridized carbons (Fsp3) is 0.265. The van der Waals surface area contributed by atoms with E-state index in [0.717, 1.165) is 25.9 Å². The van der Waals surface area contributed by atoms with Crippen molar-refractivity contribution in [1.29, 1.82) is 0 Å². The van der Waals surface area contributed by atoms with Crippen molar-refractivity contribution in [2.75, 3.05) is 7.05 Å². The lowest BCUT2D eigenvalue weighted by Gasteiger charge is -2.30. The van der Waals surface area contributed by atoms with Gasteiger partial charge in [0.15, 0.2) is 0 Å². The molecular weight excluding hydrogens is 452 g/mol. The molecule has 5 rings (SSSR count). The van der Waals surface area contributed by atoms with Crippen LogP contribution >= 0.6 is 0 Å². The standard InChI is InChI=1S/C34H36N2O/c1-26(28-11-5-3-6-12-28)35(2)34(37)22-21-33(36-24-31-15-9-10-16-32(31)25-36)23-27-17-19-30(20-18-27)29-13-7-4-8-14-29/h3-20,26,33H,21-25H2,1-2H3/t26-,33+/m1/s1. The van der Waals surface area contributed by atoms with Gasteiger partial charge in [0.2, 0.25) is 5.91 Å². The topological polar surface area (TPSA) is 23.6 Å². The first-order chi connectivity index (χ1) is 18.1. The van der Waals surface area contributed by atoms with Crippen LogP contribution in [0.2, 0.25) is 0 Å². The smallest absolute Gasteiger partial charge is 0.222 e. The zero-order valence-corrected chi connectivity index (χ0v) is 21.9. The van der Waals surface area contributed by atoms with E-state index in [9.17, 15) is 4.79 Å². The van der Waals surface area contributed by atoms with Gasteiger partial charge in [0.1, 0.15) is 0 Å². The molecule has 1 heterocycles. The minimum atomic E-state index is 0.0636. The third kappa shape index (κ3) is 6.00. The third-order valence-electron chi connectivity index (χ3n) is 7.86. The molecule has 0 fully saturated rings. The Morgan fingerprint density at radius 3 is 1.92 bits per heavy atom. The molecule has 1 aliphatic rings. The largest absolute Gasteiger partial charge is 0.339 e. The quantitative estimate of drug-likeness (QED) is 0.247. The maximum atomic E-state index is 13.3. The molecule has 0 radical (unpaired) electrons. The number of hydrogen-bond donors (Lipinski definition) is 0. The Kier molecular flexibility index (Phi) is 7.82. The van der Waals surface area contributed by atoms with Gasteiger partial charge >= 0.3 is 0 Å². The number of hydrogen-bond acceptors (Lipinski definition) is 2. The van der Waals surface area contributed by atoms with E-state index in [1.807, 2.05) is 30.1 Å². The molecule has 0 bridgehead atoms. The highest BCUT2D eigenvalue weighted by molar-refractivity contribution is 5.76. The van der Waals surface area contributed by atoms with Crippen molar-refractivity contribution in [2.24, 2.45) is 0 Å². The van der Waals surface area contributed by atoms with E-state index in [1.165, 1.54) is 33.4 Å². The summed E-state index contributed by atoms with van der Waals surface area (Å²) >= 11 is 0. The molecular formula is C34H36N2O. The summed E-state index contributed by atoms with van der Waals surface area (Å²) in [5.41, 5.74) is 7.78. The Labute approximate surface area is 221 Å². The van der Waals surface area contributed by atoms with Crippen LogP contribution in [0.4, 0.5) is 0 Å². The molecule has 3 heteroatoms. The third-order valence-corrected chi connectivity index (χ3v) is 7.86. The van der Waals surface area contributed by atoms with Crippen molar-refractivity contribution in [2.45, 2.75) is 51.4 Å². The Hall–Kier alpha value is -3.69. The Bertz CT molecular complexity index is 1280. The molecule has 1 aliphatic heterocycles. The number of carbonyl (C=O) groups is 1. The monoisotopic (exact) mass is 488 g/mol. The SMILES string of the molecule is C[C@H](c1ccccc1)N(C)C(=O)CC[C@@H](Cc1ccc(-c2ccccc2)cc1)N1Cc2ccccc2C1. The summed E-state index contributed by atoms with van der Waals surface area (Å²) in [6, 6.07) is 38.8. The summed E-state index contributed by atoms with van der Waals surface area (Å²) in [4.78, 5) is 17.7. The summed E-state index contributed by atoms with van der Waals surface area (Å²) in [5.74, 6) is 0.206. The van der Waals surface area contributed by atoms with Gasteiger partial charge in [0.05, 0.1) is 6.04 Å². The van der Waals surface area contributed by atoms with Gasteiger partial charge in [-0.3, -0.25) is 9.69 Å². The summed E-state index contributed by atoms with van der Waals surface area (Å²) in [7, 11) is 1.93. The van der Waals surface area contributed by atoms with Crippen LogP contribution in [-0.2, 0) is 24.3 Å². The number of benzene rings is 4. The number of carbonyl (C=O) groups excluding carboxylic acids is 1. The lowest BCUT2D eigenvalue weighted by molar-refractivity contribution is -0.132. The molecule has 2 atom stereocenters. The van der Waals surface area contributed by atoms with Crippen LogP contribution < -0.4 is 0 Å². The lowest BCUT2D eigenvalue weighted by atomic mass is 9.97. The fourth-order valence-corrected chi connectivity index (χ4v) is 5.40. The second-order valence-corrected chi connectivity index (χ2v) is 10.2. The first-order valence-corrected chi connectivity index (χ1v) is 13.3. The number of rotatable bonds is 9. The van der Waals surface area contributed by atoms with Crippen molar-refractivity contribution >= 4 is 5.91 Å². The van der Waals surface area contributed by atoms with Crippen LogP contribution in [0.1, 0.15) is 48.1 Å². The number of amides is 1. The zero-order valence-electron chi connectivity index (χ0n) is 21.9. The minimum Gasteiger partial charge on any atom is -0.339 e. The molecule has 4 aromatic carbocycles. The molecule has 0 aromatic heterocycles. The molecule has 1 amide bonds. The normalized spacial score (nSPS) is 14.6. The van der Waals surface area contributed by atoms with Crippen molar-refractivity contribution in [3.05, 3.63) is 131 Å². The molecule has 3 nitrogen and oxygen atoms in total. The van der Waals surface area contributed by atoms with Gasteiger partial charge in [0.25, 0.3) is 0 Å². The van der Waals surface area contributed by atoms with Crippen molar-refractivity contribution in [3.63, 3.8) is 0 Å². The first kappa shape index (κ1) is 25.0. The van der Waals surface area contributed by atoms with E-state index in [4.69, 9.17) is 0 Å². The maximum Gasteiger partial charge on any atom is 0.222 e. The Balaban J connectivity index is 1.28. The van der Waals surface area contributed by atoms with Crippen molar-refractivity contribution in [1.82, 2.24) is 9.80 Å². The van der Waals surface area contributed by atoms with Crippen LogP contribution in [0.3, 0.4) is 0 Å². The number of nitrogens with zero attached hydrogens (tertiary/aromatic N) is 2. The van der Waals surface area contributed by atoms with E-state index in [0.29, 0.717) is 12.5 Å². The van der Waals surface area contributed by atoms with Crippen LogP contribution in [0, 0.1) is 0 Å². The van der Waals surface area contributed by atoms with Gasteiger partial charge in [-0.1, -0.05) is 109 Å². The van der Waals surface area contributed by atoms with Gasteiger partial charge in [0, 0.05) is 32.6 Å². The van der Waals surface area contributed by atoms with Gasteiger partial charge in [-0.05, 0) is 53.1 Å². The van der Waals surface area contributed by atoms with E-state index in [-0.39, 0.29) is 11.9 Å². The highest BCUT2D eigenvalue weighted by Gasteiger charge is 2.27. The molecule has 0 saturated carbocycles. The summed E-state index contributed by atoms with van der Waals surface area (Å²) in [6.45, 7) is 4.01. The molecule has 0 saturated heterocycles. The fourth-order valence-electron chi connectivity index (χ4n) is 5.40. The summed E-state index contributed by atoms with van der Waals surface area (Å²) < 4.78 is 0. The summed E-state index contributed by atoms with van der Waals surface area (Å²) in [5, 5.41) is 0. The lowest BCUT2D eigenvalue weighted by Crippen LogP contribution is -2.35. The van der Waals surface area contributed by atoms with Crippen LogP contribution in [-0.4, -0.2) is 28.8 Å². The first-order valence-electron chi connectivity index (χ1n) is 13.3. The highest BCUT2D eigenvalue weighted by Crippen LogP contribution is 2.29. The van der Waals surface area contributed by atoms with Crippen LogP contribution in [0.15, 0.2) is 109 Å². The minimum absolute atomic E-state index is 0.0636. The van der Waals surface area contributed by atoms with Gasteiger partial charge < -0.3 is 4.90 Å². The molecule has 4 aromatic rings. The van der Waals surface area contributed by atoms with Crippen molar-refractivity contribution < 1.29 is 4.79 Å². The van der Waals surface area contributed by atoms with E-state index in [2.05, 4.69) is 103 Å². The predicted octanol–water partition coefficient (Wildman–Crippen LogP) is 7.28. The maximum absolute atomic E-state index is 13.3. The van der Waals surface area contributed by atoms with Crippen LogP contribution in [0.25, 0.3) is 11.1 Å². The second-order valence-electron chi connectivity index (χ2n) is 10.2. The molecule has 0 N–H and O–H groups in total. The van der Waals surface area contributed by atoms with E-state index >= 15 is 0 Å². The molecule has 188 valence electrons. The van der Waals surface area contributed by atoms with E-state index in [1.54, 1.807) is 0 Å². The Morgan fingerprint density at radius 1 is 0.757 bits per heavy atom. The van der Waals surface area contributed by atoms with Crippen molar-refractivity contribution in [3.8, 4) is 11.1 Å². The predicted molar refractivity (Wildman–Crippen MR) is 152 cm³/mol. The van der Waals surface area contributed by atoms with Gasteiger partial charge in [-0.2, -0.15) is 0 Å². The molecule has 0 spiro atoms. The number of fused-ring (bicyclic) bond motifs is 1. The van der Waals surface area contributed by atoms with Gasteiger partial charge in [-0.15, -0.1) is 0 Å².